The van der Waals surface area contributed by atoms with Gasteiger partial charge in [0.05, 0.1) is 86.3 Å². The topological polar surface area (TPSA) is 265 Å². The Morgan fingerprint density at radius 3 is 1.01 bits per heavy atom. The predicted molar refractivity (Wildman–Crippen MR) is 585 cm³/mol. The Bertz CT molecular complexity index is 6180. The summed E-state index contributed by atoms with van der Waals surface area (Å²) in [5.41, 5.74) is 20.0. The molecule has 0 aliphatic carbocycles. The van der Waals surface area contributed by atoms with Gasteiger partial charge in [0, 0.05) is 57.0 Å². The molecule has 3 atom stereocenters. The number of rotatable bonds is 36. The van der Waals surface area contributed by atoms with E-state index in [0.717, 1.165) is 113 Å². The third-order valence-electron chi connectivity index (χ3n) is 25.4. The molecule has 3 unspecified atom stereocenters. The van der Waals surface area contributed by atoms with Crippen molar-refractivity contribution in [3.63, 3.8) is 0 Å². The average Bonchev–Trinajstić information content (AvgIpc) is 1.27. The van der Waals surface area contributed by atoms with Crippen LogP contribution in [0.25, 0.3) is 0 Å². The van der Waals surface area contributed by atoms with Gasteiger partial charge >= 0.3 is 11.9 Å². The van der Waals surface area contributed by atoms with Gasteiger partial charge in [-0.1, -0.05) is 392 Å². The van der Waals surface area contributed by atoms with Gasteiger partial charge in [0.2, 0.25) is 5.91 Å². The Morgan fingerprint density at radius 1 is 0.424 bits per heavy atom. The number of esters is 2. The summed E-state index contributed by atoms with van der Waals surface area (Å²) in [4.78, 5) is 84.5. The highest BCUT2D eigenvalue weighted by molar-refractivity contribution is 7.59. The zero-order chi connectivity index (χ0) is 98.9. The first-order chi connectivity index (χ1) is 69.2. The van der Waals surface area contributed by atoms with Crippen LogP contribution in [0.3, 0.4) is 0 Å². The second-order valence-corrected chi connectivity index (χ2v) is 34.0. The number of hydrogen-bond acceptors (Lipinski definition) is 15. The maximum atomic E-state index is 12.3. The van der Waals surface area contributed by atoms with E-state index in [9.17, 15) is 29.1 Å². The number of carbonyl (C=O) groups excluding carboxylic acids is 5. The summed E-state index contributed by atoms with van der Waals surface area (Å²) in [7, 11) is 0. The van der Waals surface area contributed by atoms with E-state index in [1.54, 1.807) is 38.3 Å². The summed E-state index contributed by atoms with van der Waals surface area (Å²) in [5, 5.41) is 13.9. The van der Waals surface area contributed by atoms with Gasteiger partial charge in [0.15, 0.2) is 12.1 Å². The average molecular weight is 1980 g/mol. The summed E-state index contributed by atoms with van der Waals surface area (Å²) < 4.78 is 18.2. The number of ketones is 1. The minimum absolute atomic E-state index is 0. The van der Waals surface area contributed by atoms with E-state index in [1.807, 2.05) is 183 Å². The smallest absolute Gasteiger partial charge is 0.305 e. The highest BCUT2D eigenvalue weighted by atomic mass is 35.5. The summed E-state index contributed by atoms with van der Waals surface area (Å²) in [5.74, 6) is 0.0197. The number of nitrogens with two attached hydrogens (primary N) is 1. The zero-order valence-electron chi connectivity index (χ0n) is 82.6. The summed E-state index contributed by atoms with van der Waals surface area (Å²) in [6.45, 7) is 14.7. The highest BCUT2D eigenvalue weighted by Crippen LogP contribution is 2.46. The van der Waals surface area contributed by atoms with E-state index < -0.39 is 28.3 Å². The van der Waals surface area contributed by atoms with Crippen LogP contribution in [0.15, 0.2) is 427 Å². The minimum atomic E-state index is -0.622. The molecule has 0 bridgehead atoms. The number of aromatic nitrogens is 10. The Hall–Kier alpha value is -14.7. The van der Waals surface area contributed by atoms with Gasteiger partial charge < -0.3 is 53.8 Å². The molecule has 0 saturated carbocycles. The number of aldehydes is 1. The van der Waals surface area contributed by atoms with Crippen molar-refractivity contribution >= 4 is 69.3 Å². The Balaban J connectivity index is 0.000000183. The molecule has 5 N–H and O–H groups in total. The van der Waals surface area contributed by atoms with Crippen LogP contribution in [-0.2, 0) is 46.0 Å². The van der Waals surface area contributed by atoms with Crippen LogP contribution in [0.2, 0.25) is 0 Å². The number of benzene rings is 12. The fourth-order valence-electron chi connectivity index (χ4n) is 18.7. The van der Waals surface area contributed by atoms with Gasteiger partial charge in [-0.05, 0) is 132 Å². The number of amides is 1. The fraction of sp³-hybridized carbons (Fsp3) is 0.233. The highest BCUT2D eigenvalue weighted by Gasteiger charge is 2.43. The first kappa shape index (κ1) is 111. The molecule has 18 rings (SSSR count). The van der Waals surface area contributed by atoms with Crippen molar-refractivity contribution in [1.82, 2.24) is 58.4 Å². The molecule has 0 radical (unpaired) electrons. The molecule has 17 aromatic rings. The molecule has 12 aromatic carbocycles. The predicted octanol–water partition coefficient (Wildman–Crippen LogP) is 23.5. The number of likely N-dealkylation sites (tertiary alicyclic amines) is 1. The van der Waals surface area contributed by atoms with E-state index in [1.165, 1.54) is 16.7 Å². The van der Waals surface area contributed by atoms with Crippen molar-refractivity contribution in [3.8, 4) is 0 Å². The molecule has 1 fully saturated rings. The van der Waals surface area contributed by atoms with Gasteiger partial charge in [0.1, 0.15) is 33.5 Å². The van der Waals surface area contributed by atoms with Gasteiger partial charge in [-0.25, -0.2) is 24.9 Å². The Kier molecular flexibility index (Phi) is 43.9. The molecule has 21 nitrogen and oxygen atoms in total. The van der Waals surface area contributed by atoms with Gasteiger partial charge in [-0.2, -0.15) is 27.0 Å². The Labute approximate surface area is 866 Å². The monoisotopic (exact) mass is 1980 g/mol. The lowest BCUT2D eigenvalue weighted by Crippen LogP contribution is -2.37. The number of nitrogens with one attached hydrogen (secondary N) is 2. The number of Topliss-reactive ketones (excluding diaryl/α,β-unsaturated/α-hetero) is 1. The third kappa shape index (κ3) is 26.4. The molecule has 1 aliphatic rings. The first-order valence-corrected chi connectivity index (χ1v) is 48.7. The molecule has 744 valence electrons. The van der Waals surface area contributed by atoms with E-state index in [-0.39, 0.29) is 75.1 Å². The van der Waals surface area contributed by atoms with Crippen LogP contribution in [-0.4, -0.2) is 121 Å². The standard InChI is InChI=1S/C31H35N3O2.C25H24N2O.C25H22N2O.C23H18N2O.C10H15N3O.C6H13NO2.ClH.2H2S/c1-3-28(32-22-14-21-30(35)36-4-2)29-23-34(24-33-29)31(25-15-8-5-9-16-25,26-17-10-6-11-18-26)27-19-12-7-13-20-27;2*1-2-24(28)23-18-27(19-26-23)25(20-12-6-3-7-13-20,21-14-8-4-9-15-21)22-16-10-5-11-17-22;26-17-22-16-25(18-24-22)23(19-10-4-1-5-11-19,20-12-6-2-7-13-20)21-14-8-3-9-15-21;1-2-9(8-6-11-7-12-8)13-5-3-4-10(13)14;1-2-9-6(8)4-3-5-7;;;/h5-13,15-20,23-24,28,32H,3-4,14,21-22H2,1-2H3;3-19,24,28H,2H2,1H3;3-19H,2H2,1H3;1-18H;6-7,9H,2-5H2,1H3,(H,11,12);2-5,7H2,1H3;1H;2*1H2. The summed E-state index contributed by atoms with van der Waals surface area (Å²) in [6.07, 6.45) is 25.7. The van der Waals surface area contributed by atoms with E-state index in [4.69, 9.17) is 15.5 Å². The lowest BCUT2D eigenvalue weighted by atomic mass is 9.77. The molecule has 1 saturated heterocycles. The van der Waals surface area contributed by atoms with Crippen LogP contribution in [0.1, 0.15) is 229 Å². The maximum Gasteiger partial charge on any atom is 0.305 e. The molecule has 144 heavy (non-hydrogen) atoms. The molecule has 0 spiro atoms. The number of aromatic amines is 1. The van der Waals surface area contributed by atoms with Crippen LogP contribution in [0.5, 0.6) is 0 Å². The SMILES string of the molecule is CCC(=O)c1cn(C(c2ccccc2)(c2ccccc2)c2ccccc2)cn1.CCC(O)c1cn(C(c2ccccc2)(c2ccccc2)c2ccccc2)cn1.CCC(c1cnc[nH]1)N1CCCC1=O.CCOC(=O)CCCN.CCOC(=O)CCCNC(CC)c1cn(C(c2ccccc2)(c2ccccc2)c2ccccc2)cn1.Cl.O=Cc1cn(C(c2ccccc2)(c2ccccc2)c2ccccc2)cn1.S.S. The number of carbonyl (C=O) groups is 5. The van der Waals surface area contributed by atoms with E-state index in [2.05, 4.69) is 305 Å². The molecule has 5 aromatic heterocycles. The second-order valence-electron chi connectivity index (χ2n) is 34.0. The van der Waals surface area contributed by atoms with Crippen molar-refractivity contribution in [2.24, 2.45) is 5.73 Å². The molecule has 6 heterocycles. The number of halogens is 1. The molecular weight excluding hydrogens is 1850 g/mol. The van der Waals surface area contributed by atoms with Gasteiger partial charge in [0.25, 0.3) is 0 Å². The zero-order valence-corrected chi connectivity index (χ0v) is 85.4. The molecule has 24 heteroatoms. The second kappa shape index (κ2) is 56.8. The number of aliphatic hydroxyl groups is 1. The van der Waals surface area contributed by atoms with E-state index in [0.29, 0.717) is 68.9 Å². The number of H-pyrrole nitrogens is 1. The van der Waals surface area contributed by atoms with Crippen molar-refractivity contribution in [1.29, 1.82) is 0 Å². The van der Waals surface area contributed by atoms with Crippen LogP contribution in [0.4, 0.5) is 0 Å². The van der Waals surface area contributed by atoms with Crippen molar-refractivity contribution in [2.75, 3.05) is 32.8 Å². The van der Waals surface area contributed by atoms with E-state index >= 15 is 0 Å². The van der Waals surface area contributed by atoms with Crippen molar-refractivity contribution in [3.05, 3.63) is 522 Å². The number of hydrogen-bond donors (Lipinski definition) is 4. The maximum absolute atomic E-state index is 12.3. The largest absolute Gasteiger partial charge is 0.466 e. The molecule has 1 amide bonds. The van der Waals surface area contributed by atoms with Crippen LogP contribution in [0, 0.1) is 0 Å². The quantitative estimate of drug-likeness (QED) is 0.00935. The van der Waals surface area contributed by atoms with Crippen LogP contribution < -0.4 is 11.1 Å². The first-order valence-electron chi connectivity index (χ1n) is 48.7. The van der Waals surface area contributed by atoms with Gasteiger partial charge in [-0.3, -0.25) is 24.0 Å². The fourth-order valence-corrected chi connectivity index (χ4v) is 18.7. The summed E-state index contributed by atoms with van der Waals surface area (Å²) >= 11 is 0. The number of nitrogens with zero attached hydrogens (tertiary/aromatic N) is 10. The Morgan fingerprint density at radius 2 is 0.736 bits per heavy atom. The lowest BCUT2D eigenvalue weighted by molar-refractivity contribution is -0.144. The van der Waals surface area contributed by atoms with Gasteiger partial charge in [-0.15, -0.1) is 12.4 Å². The minimum Gasteiger partial charge on any atom is -0.466 e. The lowest BCUT2D eigenvalue weighted by Gasteiger charge is -2.37. The summed E-state index contributed by atoms with van der Waals surface area (Å²) in [6, 6.07) is 125. The normalized spacial score (nSPS) is 12.2. The number of ether oxygens (including phenoxy) is 2. The van der Waals surface area contributed by atoms with Crippen molar-refractivity contribution < 1.29 is 38.6 Å². The van der Waals surface area contributed by atoms with Crippen molar-refractivity contribution in [2.45, 2.75) is 146 Å². The van der Waals surface area contributed by atoms with Crippen LogP contribution >= 0.6 is 39.4 Å². The number of imidazole rings is 5. The number of aliphatic hydroxyl groups excluding tert-OH is 1. The molecule has 1 aliphatic heterocycles. The third-order valence-corrected chi connectivity index (χ3v) is 25.4. The molecular formula is C120H132ClN13O8S2.